The predicted molar refractivity (Wildman–Crippen MR) is 29.5 cm³/mol. The number of hydrogen-bond acceptors (Lipinski definition) is 3. The van der Waals surface area contributed by atoms with Gasteiger partial charge in [-0.3, -0.25) is 9.29 Å². The Kier molecular flexibility index (Phi) is 4.64. The molecule has 0 aromatic carbocycles. The molecule has 0 saturated heterocycles. The smallest absolute Gasteiger partial charge is 0.415 e. The van der Waals surface area contributed by atoms with Crippen LogP contribution < -0.4 is 9.21 Å². The Balaban J connectivity index is 2.93. The molecule has 5 nitrogen and oxygen atoms in total. The van der Waals surface area contributed by atoms with Gasteiger partial charge in [-0.05, 0) is 0 Å². The fourth-order valence-electron chi connectivity index (χ4n) is 0.0851. The molecule has 0 bridgehead atoms. The van der Waals surface area contributed by atoms with Gasteiger partial charge in [0, 0.05) is 0 Å². The average Bonchev–Trinajstić information content (AvgIpc) is 1.66. The first-order valence-electron chi connectivity index (χ1n) is 1.49. The first kappa shape index (κ1) is 7.68. The van der Waals surface area contributed by atoms with Crippen LogP contribution in [0.5, 0.6) is 0 Å². The Morgan fingerprint density at radius 1 is 1.75 bits per heavy atom. The molecule has 0 heterocycles. The van der Waals surface area contributed by atoms with Gasteiger partial charge in [-0.15, -0.1) is 0 Å². The molecule has 0 aliphatic rings. The van der Waals surface area contributed by atoms with E-state index in [1.54, 1.807) is 0 Å². The first-order chi connectivity index (χ1) is 3.77. The fraction of sp³-hybridized carbons (Fsp3) is 0. The molecule has 0 spiro atoms. The monoisotopic (exact) mass is 154 g/mol. The summed E-state index contributed by atoms with van der Waals surface area (Å²) in [5.41, 5.74) is 0. The highest BCUT2D eigenvalue weighted by molar-refractivity contribution is 7.98. The highest BCUT2D eigenvalue weighted by Gasteiger charge is 1.89. The molecule has 46 valence electrons. The number of amides is 1. The molecule has 1 amide bonds. The largest absolute Gasteiger partial charge is 0.464 e. The van der Waals surface area contributed by atoms with Crippen LogP contribution in [0.3, 0.4) is 0 Å². The second kappa shape index (κ2) is 4.83. The van der Waals surface area contributed by atoms with Crippen LogP contribution in [0.1, 0.15) is 0 Å². The Morgan fingerprint density at radius 2 is 2.38 bits per heavy atom. The van der Waals surface area contributed by atoms with Crippen molar-refractivity contribution in [2.24, 2.45) is 0 Å². The second-order valence-corrected chi connectivity index (χ2v) is 2.01. The van der Waals surface area contributed by atoms with E-state index in [9.17, 15) is 9.36 Å². The average molecular weight is 154 g/mol. The summed E-state index contributed by atoms with van der Waals surface area (Å²) < 4.78 is 13.5. The maximum Gasteiger partial charge on any atom is 0.415 e. The Bertz CT molecular complexity index is 97.3. The van der Waals surface area contributed by atoms with Crippen LogP contribution in [0.2, 0.25) is 0 Å². The van der Waals surface area contributed by atoms with Crippen molar-refractivity contribution in [3.8, 4) is 0 Å². The molecule has 0 saturated carbocycles. The summed E-state index contributed by atoms with van der Waals surface area (Å²) in [6, 6.07) is 0. The van der Waals surface area contributed by atoms with Crippen molar-refractivity contribution in [3.63, 3.8) is 0 Å². The summed E-state index contributed by atoms with van der Waals surface area (Å²) in [4.78, 5) is 9.60. The molecule has 0 aliphatic carbocycles. The molecular formula is CH3N2O3PS. The molecule has 0 aliphatic heterocycles. The van der Waals surface area contributed by atoms with Crippen LogP contribution in [0, 0.1) is 0 Å². The molecule has 0 aromatic rings. The molecular weight excluding hydrogens is 151 g/mol. The van der Waals surface area contributed by atoms with Crippen LogP contribution in [-0.4, -0.2) is 11.2 Å². The number of nitrogens with one attached hydrogen (secondary N) is 2. The highest BCUT2D eigenvalue weighted by Crippen LogP contribution is 1.91. The maximum atomic E-state index is 9.60. The lowest BCUT2D eigenvalue weighted by atomic mass is 11.3. The highest BCUT2D eigenvalue weighted by atomic mass is 32.2. The van der Waals surface area contributed by atoms with E-state index in [2.05, 4.69) is 4.49 Å². The predicted octanol–water partition coefficient (Wildman–Crippen LogP) is 0.613. The van der Waals surface area contributed by atoms with E-state index in [1.807, 2.05) is 4.72 Å². The quantitative estimate of drug-likeness (QED) is 0.315. The van der Waals surface area contributed by atoms with Gasteiger partial charge in [0.2, 0.25) is 0 Å². The number of hydrogen-bond donors (Lipinski definition) is 3. The van der Waals surface area contributed by atoms with Gasteiger partial charge in [0.05, 0.1) is 12.1 Å². The van der Waals surface area contributed by atoms with Crippen LogP contribution in [0.15, 0.2) is 0 Å². The molecule has 0 fully saturated rings. The Hall–Kier alpha value is -0.320. The van der Waals surface area contributed by atoms with Crippen molar-refractivity contribution in [2.45, 2.75) is 0 Å². The van der Waals surface area contributed by atoms with E-state index >= 15 is 0 Å². The fourth-order valence-corrected chi connectivity index (χ4v) is 0.504. The third-order valence-corrected chi connectivity index (χ3v) is 1.16. The summed E-state index contributed by atoms with van der Waals surface area (Å²) in [5.74, 6) is 0. The third kappa shape index (κ3) is 5.68. The molecule has 3 N–H and O–H groups in total. The van der Waals surface area contributed by atoms with Crippen molar-refractivity contribution in [3.05, 3.63) is 0 Å². The van der Waals surface area contributed by atoms with Gasteiger partial charge in [-0.1, -0.05) is 0 Å². The molecule has 0 radical (unpaired) electrons. The maximum absolute atomic E-state index is 9.60. The van der Waals surface area contributed by atoms with E-state index in [1.165, 1.54) is 0 Å². The van der Waals surface area contributed by atoms with E-state index in [0.29, 0.717) is 12.1 Å². The summed E-state index contributed by atoms with van der Waals surface area (Å²) in [7, 11) is -0.312. The van der Waals surface area contributed by atoms with Gasteiger partial charge in [0.1, 0.15) is 0 Å². The summed E-state index contributed by atoms with van der Waals surface area (Å²) in [6.45, 7) is 0. The lowest BCUT2D eigenvalue weighted by Gasteiger charge is -1.90. The zero-order chi connectivity index (χ0) is 6.41. The standard InChI is InChI=1S/CH3N2O3PS/c4-1(5)2-8-3-7-6/h2H,(H,3,6)(H,4,5). The molecule has 0 atom stereocenters. The van der Waals surface area contributed by atoms with Gasteiger partial charge in [-0.25, -0.2) is 4.79 Å². The molecule has 7 heteroatoms. The van der Waals surface area contributed by atoms with Crippen LogP contribution in [0.25, 0.3) is 0 Å². The van der Waals surface area contributed by atoms with Crippen molar-refractivity contribution in [2.75, 3.05) is 0 Å². The lowest BCUT2D eigenvalue weighted by Crippen LogP contribution is -2.14. The Labute approximate surface area is 51.4 Å². The molecule has 0 unspecified atom stereocenters. The summed E-state index contributed by atoms with van der Waals surface area (Å²) in [5, 5.41) is 7.86. The minimum Gasteiger partial charge on any atom is -0.464 e. The topological polar surface area (TPSA) is 78.4 Å². The summed E-state index contributed by atoms with van der Waals surface area (Å²) in [6.07, 6.45) is -1.17. The SMILES string of the molecule is O=PNSNC(=O)O. The molecule has 0 aromatic heterocycles. The van der Waals surface area contributed by atoms with Gasteiger partial charge >= 0.3 is 6.09 Å². The number of rotatable bonds is 3. The van der Waals surface area contributed by atoms with Crippen molar-refractivity contribution >= 4 is 26.8 Å². The number of carbonyl (C=O) groups is 1. The van der Waals surface area contributed by atoms with Gasteiger partial charge in [-0.2, -0.15) is 4.49 Å². The molecule has 8 heavy (non-hydrogen) atoms. The van der Waals surface area contributed by atoms with Crippen molar-refractivity contribution in [1.29, 1.82) is 0 Å². The zero-order valence-electron chi connectivity index (χ0n) is 3.62. The van der Waals surface area contributed by atoms with Crippen LogP contribution in [-0.2, 0) is 4.57 Å². The van der Waals surface area contributed by atoms with E-state index in [0.717, 1.165) is 0 Å². The van der Waals surface area contributed by atoms with Gasteiger partial charge in [0.25, 0.3) is 8.61 Å². The van der Waals surface area contributed by atoms with E-state index < -0.39 is 6.09 Å². The van der Waals surface area contributed by atoms with Crippen LogP contribution >= 0.6 is 20.7 Å². The summed E-state index contributed by atoms with van der Waals surface area (Å²) >= 11 is 0.637. The number of carboxylic acid groups (broad SMARTS) is 1. The first-order valence-corrected chi connectivity index (χ1v) is 3.12. The van der Waals surface area contributed by atoms with Crippen molar-refractivity contribution < 1.29 is 14.5 Å². The Morgan fingerprint density at radius 3 is 2.75 bits per heavy atom. The lowest BCUT2D eigenvalue weighted by molar-refractivity contribution is 0.202. The van der Waals surface area contributed by atoms with Gasteiger partial charge < -0.3 is 5.11 Å². The van der Waals surface area contributed by atoms with Crippen molar-refractivity contribution in [1.82, 2.24) is 9.21 Å². The minimum absolute atomic E-state index is 0.312. The normalized spacial score (nSPS) is 9.00. The molecule has 0 rings (SSSR count). The van der Waals surface area contributed by atoms with E-state index in [4.69, 9.17) is 5.11 Å². The zero-order valence-corrected chi connectivity index (χ0v) is 5.33. The van der Waals surface area contributed by atoms with Crippen LogP contribution in [0.4, 0.5) is 4.79 Å². The van der Waals surface area contributed by atoms with E-state index in [-0.39, 0.29) is 8.61 Å². The van der Waals surface area contributed by atoms with Gasteiger partial charge in [0.15, 0.2) is 0 Å². The third-order valence-electron chi connectivity index (χ3n) is 0.221. The minimum atomic E-state index is -1.17. The second-order valence-electron chi connectivity index (χ2n) is 0.692.